The van der Waals surface area contributed by atoms with Crippen molar-refractivity contribution < 1.29 is 14.3 Å². The number of nitrogens with one attached hydrogen (secondary N) is 1. The number of thiazole rings is 1. The highest BCUT2D eigenvalue weighted by molar-refractivity contribution is 7.14. The first-order valence-corrected chi connectivity index (χ1v) is 12.8. The average molecular weight is 509 g/mol. The molecule has 0 aromatic carbocycles. The van der Waals surface area contributed by atoms with Gasteiger partial charge in [0.05, 0.1) is 18.4 Å². The summed E-state index contributed by atoms with van der Waals surface area (Å²) in [5.41, 5.74) is 1.74. The molecule has 11 heteroatoms. The zero-order valence-electron chi connectivity index (χ0n) is 20.3. The standard InChI is InChI=1S/C25H28N6O4S/c1-29-10-12-30(13-11-29)22-18(6-7-21(32)35-2)24(34)31-9-8-17(14-20(31)27-22)23(33)28-25-26-19(15-36-25)16-4-3-5-16/h6-9,14-16H,3-5,10-13H2,1-2H3,(H,26,28,33). The topological polar surface area (TPSA) is 109 Å². The lowest BCUT2D eigenvalue weighted by molar-refractivity contribution is -0.134. The quantitative estimate of drug-likeness (QED) is 0.400. The number of methoxy groups -OCH3 is 1. The van der Waals surface area contributed by atoms with Gasteiger partial charge in [0, 0.05) is 55.3 Å². The first-order valence-electron chi connectivity index (χ1n) is 12.0. The highest BCUT2D eigenvalue weighted by Crippen LogP contribution is 2.37. The Morgan fingerprint density at radius 3 is 2.67 bits per heavy atom. The fraction of sp³-hybridized carbons (Fsp3) is 0.400. The highest BCUT2D eigenvalue weighted by Gasteiger charge is 2.23. The summed E-state index contributed by atoms with van der Waals surface area (Å²) < 4.78 is 6.07. The van der Waals surface area contributed by atoms with Crippen LogP contribution in [0.2, 0.25) is 0 Å². The molecule has 36 heavy (non-hydrogen) atoms. The van der Waals surface area contributed by atoms with Crippen LogP contribution in [0.15, 0.2) is 34.6 Å². The van der Waals surface area contributed by atoms with Crippen molar-refractivity contribution in [2.24, 2.45) is 0 Å². The molecule has 5 rings (SSSR count). The minimum Gasteiger partial charge on any atom is -0.466 e. The zero-order chi connectivity index (χ0) is 25.2. The van der Waals surface area contributed by atoms with Gasteiger partial charge in [0.25, 0.3) is 11.5 Å². The number of anilines is 2. The number of likely N-dealkylation sites (N-methyl/N-ethyl adjacent to an activating group) is 1. The summed E-state index contributed by atoms with van der Waals surface area (Å²) in [6.45, 7) is 3.01. The Morgan fingerprint density at radius 1 is 1.19 bits per heavy atom. The number of hydrogen-bond acceptors (Lipinski definition) is 9. The molecule has 3 aromatic heterocycles. The number of piperazine rings is 1. The van der Waals surface area contributed by atoms with Gasteiger partial charge >= 0.3 is 5.97 Å². The summed E-state index contributed by atoms with van der Waals surface area (Å²) in [5, 5.41) is 5.44. The van der Waals surface area contributed by atoms with E-state index in [2.05, 4.69) is 19.9 Å². The highest BCUT2D eigenvalue weighted by atomic mass is 32.1. The number of carbonyl (C=O) groups excluding carboxylic acids is 2. The lowest BCUT2D eigenvalue weighted by atomic mass is 9.83. The maximum absolute atomic E-state index is 13.4. The van der Waals surface area contributed by atoms with Gasteiger partial charge in [-0.1, -0.05) is 6.42 Å². The third-order valence-electron chi connectivity index (χ3n) is 6.76. The van der Waals surface area contributed by atoms with Crippen LogP contribution in [0.4, 0.5) is 10.9 Å². The van der Waals surface area contributed by atoms with Crippen molar-refractivity contribution in [3.8, 4) is 0 Å². The second-order valence-corrected chi connectivity index (χ2v) is 9.96. The van der Waals surface area contributed by atoms with Gasteiger partial charge in [-0.2, -0.15) is 0 Å². The fourth-order valence-electron chi connectivity index (χ4n) is 4.31. The summed E-state index contributed by atoms with van der Waals surface area (Å²) in [5.74, 6) is 0.116. The van der Waals surface area contributed by atoms with Crippen molar-refractivity contribution >= 4 is 45.9 Å². The van der Waals surface area contributed by atoms with Crippen molar-refractivity contribution in [3.63, 3.8) is 0 Å². The summed E-state index contributed by atoms with van der Waals surface area (Å²) in [4.78, 5) is 51.6. The van der Waals surface area contributed by atoms with Crippen LogP contribution < -0.4 is 15.8 Å². The minimum atomic E-state index is -0.557. The molecule has 10 nitrogen and oxygen atoms in total. The average Bonchev–Trinajstić information content (AvgIpc) is 3.29. The van der Waals surface area contributed by atoms with Crippen LogP contribution >= 0.6 is 11.3 Å². The Bertz CT molecular complexity index is 1380. The normalized spacial score (nSPS) is 16.9. The van der Waals surface area contributed by atoms with Gasteiger partial charge in [-0.3, -0.25) is 19.3 Å². The van der Waals surface area contributed by atoms with Crippen molar-refractivity contribution in [1.29, 1.82) is 0 Å². The van der Waals surface area contributed by atoms with Gasteiger partial charge in [0.2, 0.25) is 0 Å². The van der Waals surface area contributed by atoms with E-state index in [1.807, 2.05) is 17.3 Å². The second kappa shape index (κ2) is 10.2. The van der Waals surface area contributed by atoms with E-state index in [0.29, 0.717) is 46.7 Å². The number of fused-ring (bicyclic) bond motifs is 1. The molecule has 0 unspecified atom stereocenters. The summed E-state index contributed by atoms with van der Waals surface area (Å²) in [7, 11) is 3.33. The Kier molecular flexibility index (Phi) is 6.84. The van der Waals surface area contributed by atoms with Crippen LogP contribution in [0.5, 0.6) is 0 Å². The number of amides is 1. The number of esters is 1. The number of ether oxygens (including phenoxy) is 1. The molecule has 0 spiro atoms. The van der Waals surface area contributed by atoms with Crippen LogP contribution in [0.1, 0.15) is 46.8 Å². The zero-order valence-corrected chi connectivity index (χ0v) is 21.1. The number of rotatable bonds is 6. The van der Waals surface area contributed by atoms with E-state index in [4.69, 9.17) is 4.98 Å². The Hall–Kier alpha value is -3.57. The Morgan fingerprint density at radius 2 is 1.97 bits per heavy atom. The molecule has 1 aliphatic carbocycles. The van der Waals surface area contributed by atoms with Gasteiger partial charge < -0.3 is 14.5 Å². The van der Waals surface area contributed by atoms with Gasteiger partial charge in [0.1, 0.15) is 11.5 Å². The molecule has 4 heterocycles. The van der Waals surface area contributed by atoms with E-state index in [1.54, 1.807) is 12.1 Å². The van der Waals surface area contributed by atoms with E-state index < -0.39 is 5.97 Å². The smallest absolute Gasteiger partial charge is 0.330 e. The van der Waals surface area contributed by atoms with Crippen molar-refractivity contribution in [2.75, 3.05) is 50.6 Å². The predicted octanol–water partition coefficient (Wildman–Crippen LogP) is 2.61. The first kappa shape index (κ1) is 24.1. The number of nitrogens with zero attached hydrogens (tertiary/aromatic N) is 5. The number of carbonyl (C=O) groups is 2. The monoisotopic (exact) mass is 508 g/mol. The van der Waals surface area contributed by atoms with Crippen molar-refractivity contribution in [3.05, 3.63) is 57.0 Å². The van der Waals surface area contributed by atoms with Gasteiger partial charge in [-0.25, -0.2) is 14.8 Å². The minimum absolute atomic E-state index is 0.297. The van der Waals surface area contributed by atoms with Crippen LogP contribution in [0.3, 0.4) is 0 Å². The molecule has 1 saturated carbocycles. The molecule has 2 aliphatic rings. The molecule has 3 aromatic rings. The van der Waals surface area contributed by atoms with Gasteiger partial charge in [-0.15, -0.1) is 11.3 Å². The molecule has 1 amide bonds. The van der Waals surface area contributed by atoms with Crippen LogP contribution in [0.25, 0.3) is 11.7 Å². The van der Waals surface area contributed by atoms with Gasteiger partial charge in [-0.05, 0) is 38.1 Å². The molecular weight excluding hydrogens is 480 g/mol. The molecule has 188 valence electrons. The van der Waals surface area contributed by atoms with E-state index in [-0.39, 0.29) is 11.5 Å². The number of aromatic nitrogens is 3. The molecule has 0 bridgehead atoms. The molecule has 1 N–H and O–H groups in total. The largest absolute Gasteiger partial charge is 0.466 e. The lowest BCUT2D eigenvalue weighted by Crippen LogP contribution is -2.45. The summed E-state index contributed by atoms with van der Waals surface area (Å²) in [6, 6.07) is 3.18. The Balaban J connectivity index is 1.47. The van der Waals surface area contributed by atoms with Gasteiger partial charge in [0.15, 0.2) is 5.13 Å². The van der Waals surface area contributed by atoms with E-state index in [9.17, 15) is 14.4 Å². The molecule has 0 atom stereocenters. The van der Waals surface area contributed by atoms with Crippen molar-refractivity contribution in [1.82, 2.24) is 19.3 Å². The molecule has 1 saturated heterocycles. The first-order chi connectivity index (χ1) is 17.4. The maximum atomic E-state index is 13.4. The summed E-state index contributed by atoms with van der Waals surface area (Å²) >= 11 is 1.42. The number of hydrogen-bond donors (Lipinski definition) is 1. The lowest BCUT2D eigenvalue weighted by Gasteiger charge is -2.34. The molecular formula is C25H28N6O4S. The predicted molar refractivity (Wildman–Crippen MR) is 139 cm³/mol. The third-order valence-corrected chi connectivity index (χ3v) is 7.54. The number of pyridine rings is 1. The van der Waals surface area contributed by atoms with E-state index in [0.717, 1.165) is 31.6 Å². The van der Waals surface area contributed by atoms with Crippen LogP contribution in [0, 0.1) is 0 Å². The SMILES string of the molecule is COC(=O)C=Cc1c(N2CCN(C)CC2)nc2cc(C(=O)Nc3nc(C4CCC4)cs3)ccn2c1=O. The van der Waals surface area contributed by atoms with Crippen molar-refractivity contribution in [2.45, 2.75) is 25.2 Å². The second-order valence-electron chi connectivity index (χ2n) is 9.10. The fourth-order valence-corrected chi connectivity index (χ4v) is 5.10. The molecule has 1 aliphatic heterocycles. The molecule has 0 radical (unpaired) electrons. The summed E-state index contributed by atoms with van der Waals surface area (Å²) in [6.07, 6.45) is 7.72. The maximum Gasteiger partial charge on any atom is 0.330 e. The Labute approximate surface area is 212 Å². The van der Waals surface area contributed by atoms with Crippen LogP contribution in [-0.4, -0.2) is 71.5 Å². The third kappa shape index (κ3) is 4.89. The molecule has 2 fully saturated rings. The van der Waals surface area contributed by atoms with E-state index in [1.165, 1.54) is 47.6 Å². The van der Waals surface area contributed by atoms with Crippen LogP contribution in [-0.2, 0) is 9.53 Å². The van der Waals surface area contributed by atoms with E-state index >= 15 is 0 Å².